The highest BCUT2D eigenvalue weighted by molar-refractivity contribution is 5.45. The highest BCUT2D eigenvalue weighted by atomic mass is 16.5. The number of rotatable bonds is 2. The van der Waals surface area contributed by atoms with E-state index in [9.17, 15) is 5.11 Å². The van der Waals surface area contributed by atoms with Crippen molar-refractivity contribution in [2.75, 3.05) is 13.2 Å². The van der Waals surface area contributed by atoms with Gasteiger partial charge >= 0.3 is 0 Å². The molecule has 0 bridgehead atoms. The maximum atomic E-state index is 10.4. The molecular weight excluding hydrogens is 216 g/mol. The maximum absolute atomic E-state index is 10.4. The molecule has 2 heterocycles. The van der Waals surface area contributed by atoms with Gasteiger partial charge in [-0.1, -0.05) is 25.1 Å². The fraction of sp³-hybridized carbons (Fsp3) is 0.571. The monoisotopic (exact) mass is 234 g/mol. The van der Waals surface area contributed by atoms with Gasteiger partial charge in [0.15, 0.2) is 0 Å². The first-order chi connectivity index (χ1) is 8.27. The Kier molecular flexibility index (Phi) is 2.81. The van der Waals surface area contributed by atoms with Crippen LogP contribution >= 0.6 is 0 Å². The van der Waals surface area contributed by atoms with E-state index in [1.807, 2.05) is 12.1 Å². The number of ether oxygens (including phenoxy) is 2. The van der Waals surface area contributed by atoms with Gasteiger partial charge in [-0.3, -0.25) is 0 Å². The Morgan fingerprint density at radius 1 is 1.35 bits per heavy atom. The number of aliphatic hydroxyl groups excluding tert-OH is 1. The molecule has 0 aliphatic carbocycles. The summed E-state index contributed by atoms with van der Waals surface area (Å²) in [5.74, 6) is 1.28. The van der Waals surface area contributed by atoms with Crippen molar-refractivity contribution in [2.24, 2.45) is 5.92 Å². The van der Waals surface area contributed by atoms with Crippen molar-refractivity contribution in [2.45, 2.75) is 32.0 Å². The number of hydrogen-bond acceptors (Lipinski definition) is 3. The van der Waals surface area contributed by atoms with Crippen molar-refractivity contribution in [3.05, 3.63) is 29.3 Å². The zero-order valence-electron chi connectivity index (χ0n) is 10.1. The molecule has 0 spiro atoms. The van der Waals surface area contributed by atoms with Crippen molar-refractivity contribution in [3.63, 3.8) is 0 Å². The summed E-state index contributed by atoms with van der Waals surface area (Å²) >= 11 is 0. The van der Waals surface area contributed by atoms with Crippen molar-refractivity contribution >= 4 is 0 Å². The Hall–Kier alpha value is -1.06. The largest absolute Gasteiger partial charge is 0.493 e. The van der Waals surface area contributed by atoms with E-state index in [1.54, 1.807) is 0 Å². The summed E-state index contributed by atoms with van der Waals surface area (Å²) in [6, 6.07) is 6.01. The van der Waals surface area contributed by atoms with E-state index in [-0.39, 0.29) is 6.10 Å². The molecule has 3 rings (SSSR count). The fourth-order valence-electron chi connectivity index (χ4n) is 2.77. The molecule has 1 N–H and O–H groups in total. The van der Waals surface area contributed by atoms with Gasteiger partial charge in [0.2, 0.25) is 0 Å². The molecule has 3 heteroatoms. The summed E-state index contributed by atoms with van der Waals surface area (Å²) in [6.45, 7) is 3.60. The molecule has 1 saturated heterocycles. The Bertz CT molecular complexity index is 416. The average molecular weight is 234 g/mol. The predicted molar refractivity (Wildman–Crippen MR) is 64.1 cm³/mol. The summed E-state index contributed by atoms with van der Waals surface area (Å²) in [4.78, 5) is 0. The maximum Gasteiger partial charge on any atom is 0.128 e. The highest BCUT2D eigenvalue weighted by Gasteiger charge is 2.34. The fourth-order valence-corrected chi connectivity index (χ4v) is 2.77. The van der Waals surface area contributed by atoms with Gasteiger partial charge in [-0.05, 0) is 17.9 Å². The lowest BCUT2D eigenvalue weighted by Gasteiger charge is -2.23. The number of fused-ring (bicyclic) bond motifs is 1. The quantitative estimate of drug-likeness (QED) is 0.851. The van der Waals surface area contributed by atoms with Gasteiger partial charge in [0.25, 0.3) is 0 Å². The smallest absolute Gasteiger partial charge is 0.128 e. The molecule has 3 nitrogen and oxygen atoms in total. The molecule has 3 atom stereocenters. The van der Waals surface area contributed by atoms with Crippen molar-refractivity contribution < 1.29 is 14.6 Å². The number of benzene rings is 1. The van der Waals surface area contributed by atoms with Gasteiger partial charge in [0, 0.05) is 18.6 Å². The zero-order chi connectivity index (χ0) is 11.8. The van der Waals surface area contributed by atoms with Gasteiger partial charge in [-0.25, -0.2) is 0 Å². The molecule has 2 aliphatic heterocycles. The molecule has 1 aromatic rings. The molecule has 1 aromatic carbocycles. The van der Waals surface area contributed by atoms with E-state index in [1.165, 1.54) is 5.56 Å². The Morgan fingerprint density at radius 2 is 2.24 bits per heavy atom. The lowest BCUT2D eigenvalue weighted by Crippen LogP contribution is -2.23. The molecule has 0 saturated carbocycles. The van der Waals surface area contributed by atoms with Crippen LogP contribution in [-0.4, -0.2) is 24.4 Å². The predicted octanol–water partition coefficient (Wildman–Crippen LogP) is 2.08. The van der Waals surface area contributed by atoms with Crippen LogP contribution in [0.25, 0.3) is 0 Å². The van der Waals surface area contributed by atoms with E-state index in [4.69, 9.17) is 9.47 Å². The number of hydrogen-bond donors (Lipinski definition) is 1. The standard InChI is InChI=1S/C14H18O3/c1-9-5-7-16-13(9)12(15)11-4-2-3-10-6-8-17-14(10)11/h2-4,9,12-13,15H,5-8H2,1H3. The van der Waals surface area contributed by atoms with E-state index in [0.717, 1.165) is 37.4 Å². The van der Waals surface area contributed by atoms with Crippen LogP contribution in [0.15, 0.2) is 18.2 Å². The summed E-state index contributed by atoms with van der Waals surface area (Å²) in [6.07, 6.45) is 1.31. The first-order valence-electron chi connectivity index (χ1n) is 6.31. The normalized spacial score (nSPS) is 28.8. The van der Waals surface area contributed by atoms with Crippen LogP contribution in [0, 0.1) is 5.92 Å². The summed E-state index contributed by atoms with van der Waals surface area (Å²) in [5.41, 5.74) is 2.09. The van der Waals surface area contributed by atoms with Gasteiger partial charge in [0.1, 0.15) is 11.9 Å². The Balaban J connectivity index is 1.91. The molecule has 0 aromatic heterocycles. The van der Waals surface area contributed by atoms with Crippen LogP contribution in [0.5, 0.6) is 5.75 Å². The minimum atomic E-state index is -0.569. The summed E-state index contributed by atoms with van der Waals surface area (Å²) < 4.78 is 11.3. The van der Waals surface area contributed by atoms with Gasteiger partial charge in [-0.15, -0.1) is 0 Å². The van der Waals surface area contributed by atoms with Gasteiger partial charge in [0.05, 0.1) is 12.7 Å². The van der Waals surface area contributed by atoms with Gasteiger partial charge < -0.3 is 14.6 Å². The lowest BCUT2D eigenvalue weighted by atomic mass is 9.93. The second-order valence-corrected chi connectivity index (χ2v) is 4.98. The average Bonchev–Trinajstić information content (AvgIpc) is 2.95. The van der Waals surface area contributed by atoms with E-state index >= 15 is 0 Å². The van der Waals surface area contributed by atoms with Crippen LogP contribution in [0.3, 0.4) is 0 Å². The van der Waals surface area contributed by atoms with Gasteiger partial charge in [-0.2, -0.15) is 0 Å². The highest BCUT2D eigenvalue weighted by Crippen LogP contribution is 2.38. The van der Waals surface area contributed by atoms with Crippen LogP contribution in [-0.2, 0) is 11.2 Å². The third-order valence-electron chi connectivity index (χ3n) is 3.82. The van der Waals surface area contributed by atoms with Crippen LogP contribution < -0.4 is 4.74 Å². The van der Waals surface area contributed by atoms with Crippen LogP contribution in [0.2, 0.25) is 0 Å². The molecule has 1 fully saturated rings. The van der Waals surface area contributed by atoms with Crippen molar-refractivity contribution in [3.8, 4) is 5.75 Å². The SMILES string of the molecule is CC1CCOC1C(O)c1cccc2c1OCC2. The van der Waals surface area contributed by atoms with E-state index in [2.05, 4.69) is 13.0 Å². The summed E-state index contributed by atoms with van der Waals surface area (Å²) in [5, 5.41) is 10.4. The molecule has 0 amide bonds. The van der Waals surface area contributed by atoms with Crippen molar-refractivity contribution in [1.82, 2.24) is 0 Å². The van der Waals surface area contributed by atoms with Crippen LogP contribution in [0.4, 0.5) is 0 Å². The zero-order valence-corrected chi connectivity index (χ0v) is 10.1. The van der Waals surface area contributed by atoms with E-state index in [0.29, 0.717) is 5.92 Å². The Morgan fingerprint density at radius 3 is 3.00 bits per heavy atom. The third-order valence-corrected chi connectivity index (χ3v) is 3.82. The second kappa shape index (κ2) is 4.31. The van der Waals surface area contributed by atoms with Crippen molar-refractivity contribution in [1.29, 1.82) is 0 Å². The molecule has 92 valence electrons. The minimum Gasteiger partial charge on any atom is -0.493 e. The minimum absolute atomic E-state index is 0.0919. The first-order valence-corrected chi connectivity index (χ1v) is 6.31. The second-order valence-electron chi connectivity index (χ2n) is 4.98. The molecule has 17 heavy (non-hydrogen) atoms. The topological polar surface area (TPSA) is 38.7 Å². The number of para-hydroxylation sites is 1. The molecular formula is C14H18O3. The third kappa shape index (κ3) is 1.83. The summed E-state index contributed by atoms with van der Waals surface area (Å²) in [7, 11) is 0. The lowest BCUT2D eigenvalue weighted by molar-refractivity contribution is -0.0187. The molecule has 0 radical (unpaired) electrons. The first kappa shape index (κ1) is 11.1. The Labute approximate surface area is 101 Å². The molecule has 2 aliphatic rings. The van der Waals surface area contributed by atoms with Crippen LogP contribution in [0.1, 0.15) is 30.6 Å². The van der Waals surface area contributed by atoms with E-state index < -0.39 is 6.10 Å². The molecule has 3 unspecified atom stereocenters. The number of aliphatic hydroxyl groups is 1.